The Bertz CT molecular complexity index is 475. The summed E-state index contributed by atoms with van der Waals surface area (Å²) in [4.78, 5) is 12.0. The van der Waals surface area contributed by atoms with Crippen LogP contribution in [0.1, 0.15) is 43.6 Å². The number of aryl methyl sites for hydroxylation is 1. The first kappa shape index (κ1) is 15.5. The van der Waals surface area contributed by atoms with Gasteiger partial charge in [0.1, 0.15) is 0 Å². The highest BCUT2D eigenvalue weighted by Gasteiger charge is 2.29. The molecule has 1 aromatic carbocycles. The number of methoxy groups -OCH3 is 1. The highest BCUT2D eigenvalue weighted by molar-refractivity contribution is 5.78. The van der Waals surface area contributed by atoms with E-state index in [-0.39, 0.29) is 0 Å². The average molecular weight is 265 g/mol. The van der Waals surface area contributed by atoms with Crippen LogP contribution in [0.25, 0.3) is 0 Å². The van der Waals surface area contributed by atoms with Crippen LogP contribution >= 0.6 is 0 Å². The first-order valence-corrected chi connectivity index (χ1v) is 6.28. The van der Waals surface area contributed by atoms with E-state index in [1.54, 1.807) is 0 Å². The van der Waals surface area contributed by atoms with Gasteiger partial charge in [-0.1, -0.05) is 6.07 Å². The number of rotatable bonds is 3. The fourth-order valence-electron chi connectivity index (χ4n) is 1.89. The van der Waals surface area contributed by atoms with Gasteiger partial charge in [0.05, 0.1) is 12.7 Å². The Morgan fingerprint density at radius 1 is 1.26 bits per heavy atom. The zero-order valence-electron chi connectivity index (χ0n) is 12.5. The standard InChI is InChI=1S/C15H23NO3/c1-9-7-11(10(2)12(16)8-9)13(14(17)18-6)19-15(3,4)5/h7-8,13H,16H2,1-6H3/t13-/m0/s1. The van der Waals surface area contributed by atoms with Gasteiger partial charge >= 0.3 is 5.97 Å². The van der Waals surface area contributed by atoms with Crippen molar-refractivity contribution in [3.05, 3.63) is 28.8 Å². The predicted octanol–water partition coefficient (Wildman–Crippen LogP) is 2.91. The maximum Gasteiger partial charge on any atom is 0.339 e. The van der Waals surface area contributed by atoms with Gasteiger partial charge in [-0.15, -0.1) is 0 Å². The van der Waals surface area contributed by atoms with Gasteiger partial charge in [-0.05, 0) is 57.4 Å². The zero-order valence-corrected chi connectivity index (χ0v) is 12.5. The van der Waals surface area contributed by atoms with Crippen molar-refractivity contribution in [2.45, 2.75) is 46.3 Å². The number of ether oxygens (including phenoxy) is 2. The lowest BCUT2D eigenvalue weighted by Gasteiger charge is -2.27. The quantitative estimate of drug-likeness (QED) is 0.674. The molecular formula is C15H23NO3. The summed E-state index contributed by atoms with van der Waals surface area (Å²) in [6, 6.07) is 3.79. The molecule has 0 aromatic heterocycles. The van der Waals surface area contributed by atoms with Crippen molar-refractivity contribution >= 4 is 11.7 Å². The second-order valence-electron chi connectivity index (χ2n) is 5.70. The highest BCUT2D eigenvalue weighted by Crippen LogP contribution is 2.31. The molecule has 0 bridgehead atoms. The molecule has 0 aliphatic carbocycles. The van der Waals surface area contributed by atoms with Crippen LogP contribution in [0.5, 0.6) is 0 Å². The number of carbonyl (C=O) groups is 1. The Morgan fingerprint density at radius 2 is 1.84 bits per heavy atom. The largest absolute Gasteiger partial charge is 0.467 e. The zero-order chi connectivity index (χ0) is 14.8. The summed E-state index contributed by atoms with van der Waals surface area (Å²) in [6.07, 6.45) is -0.757. The SMILES string of the molecule is COC(=O)[C@@H](OC(C)(C)C)c1cc(C)cc(N)c1C. The summed E-state index contributed by atoms with van der Waals surface area (Å²) in [5.74, 6) is -0.414. The molecule has 1 aromatic rings. The summed E-state index contributed by atoms with van der Waals surface area (Å²) in [5.41, 5.74) is 8.76. The molecule has 2 N–H and O–H groups in total. The van der Waals surface area contributed by atoms with E-state index in [4.69, 9.17) is 15.2 Å². The predicted molar refractivity (Wildman–Crippen MR) is 75.9 cm³/mol. The topological polar surface area (TPSA) is 61.5 Å². The molecule has 1 rings (SSSR count). The van der Waals surface area contributed by atoms with E-state index >= 15 is 0 Å². The molecular weight excluding hydrogens is 242 g/mol. The van der Waals surface area contributed by atoms with E-state index < -0.39 is 17.7 Å². The molecule has 0 saturated carbocycles. The van der Waals surface area contributed by atoms with Crippen LogP contribution in [0.3, 0.4) is 0 Å². The van der Waals surface area contributed by atoms with Gasteiger partial charge in [0.25, 0.3) is 0 Å². The number of nitrogens with two attached hydrogens (primary N) is 1. The third kappa shape index (κ3) is 3.96. The highest BCUT2D eigenvalue weighted by atomic mass is 16.6. The fraction of sp³-hybridized carbons (Fsp3) is 0.533. The number of hydrogen-bond acceptors (Lipinski definition) is 4. The Kier molecular flexibility index (Phi) is 4.58. The second kappa shape index (κ2) is 5.61. The lowest BCUT2D eigenvalue weighted by atomic mass is 9.98. The lowest BCUT2D eigenvalue weighted by molar-refractivity contribution is -0.164. The Hall–Kier alpha value is -1.55. The maximum atomic E-state index is 12.0. The second-order valence-corrected chi connectivity index (χ2v) is 5.70. The van der Waals surface area contributed by atoms with Gasteiger partial charge in [-0.3, -0.25) is 0 Å². The van der Waals surface area contributed by atoms with Crippen LogP contribution in [-0.2, 0) is 14.3 Å². The molecule has 0 aliphatic heterocycles. The molecule has 1 atom stereocenters. The van der Waals surface area contributed by atoms with Crippen molar-refractivity contribution in [1.29, 1.82) is 0 Å². The first-order chi connectivity index (χ1) is 8.65. The smallest absolute Gasteiger partial charge is 0.339 e. The number of esters is 1. The van der Waals surface area contributed by atoms with Gasteiger partial charge in [0.2, 0.25) is 0 Å². The van der Waals surface area contributed by atoms with E-state index in [2.05, 4.69) is 0 Å². The third-order valence-electron chi connectivity index (χ3n) is 2.80. The van der Waals surface area contributed by atoms with E-state index in [1.807, 2.05) is 46.8 Å². The van der Waals surface area contributed by atoms with Crippen LogP contribution in [0, 0.1) is 13.8 Å². The van der Waals surface area contributed by atoms with Crippen molar-refractivity contribution in [2.24, 2.45) is 0 Å². The molecule has 0 spiro atoms. The molecule has 0 heterocycles. The lowest BCUT2D eigenvalue weighted by Crippen LogP contribution is -2.28. The van der Waals surface area contributed by atoms with Gasteiger partial charge in [-0.25, -0.2) is 4.79 Å². The van der Waals surface area contributed by atoms with Crippen molar-refractivity contribution in [3.8, 4) is 0 Å². The van der Waals surface area contributed by atoms with E-state index in [1.165, 1.54) is 7.11 Å². The van der Waals surface area contributed by atoms with Gasteiger partial charge in [0, 0.05) is 5.69 Å². The minimum absolute atomic E-state index is 0.414. The minimum atomic E-state index is -0.757. The molecule has 4 nitrogen and oxygen atoms in total. The van der Waals surface area contributed by atoms with Crippen LogP contribution in [0.4, 0.5) is 5.69 Å². The summed E-state index contributed by atoms with van der Waals surface area (Å²) in [6.45, 7) is 9.52. The van der Waals surface area contributed by atoms with Gasteiger partial charge in [-0.2, -0.15) is 0 Å². The van der Waals surface area contributed by atoms with Gasteiger partial charge < -0.3 is 15.2 Å². The minimum Gasteiger partial charge on any atom is -0.467 e. The van der Waals surface area contributed by atoms with E-state index in [0.29, 0.717) is 5.69 Å². The molecule has 19 heavy (non-hydrogen) atoms. The van der Waals surface area contributed by atoms with E-state index in [9.17, 15) is 4.79 Å². The van der Waals surface area contributed by atoms with E-state index in [0.717, 1.165) is 16.7 Å². The van der Waals surface area contributed by atoms with Crippen molar-refractivity contribution in [3.63, 3.8) is 0 Å². The number of carbonyl (C=O) groups excluding carboxylic acids is 1. The normalized spacial score (nSPS) is 13.2. The number of benzene rings is 1. The average Bonchev–Trinajstić information content (AvgIpc) is 2.28. The monoisotopic (exact) mass is 265 g/mol. The summed E-state index contributed by atoms with van der Waals surface area (Å²) < 4.78 is 10.7. The molecule has 0 fully saturated rings. The summed E-state index contributed by atoms with van der Waals surface area (Å²) >= 11 is 0. The molecule has 0 aliphatic rings. The summed E-state index contributed by atoms with van der Waals surface area (Å²) in [7, 11) is 1.36. The van der Waals surface area contributed by atoms with Crippen LogP contribution < -0.4 is 5.73 Å². The molecule has 0 radical (unpaired) electrons. The van der Waals surface area contributed by atoms with Crippen molar-refractivity contribution < 1.29 is 14.3 Å². The molecule has 0 unspecified atom stereocenters. The number of nitrogen functional groups attached to an aromatic ring is 1. The first-order valence-electron chi connectivity index (χ1n) is 6.28. The third-order valence-corrected chi connectivity index (χ3v) is 2.80. The van der Waals surface area contributed by atoms with Crippen molar-refractivity contribution in [2.75, 3.05) is 12.8 Å². The molecule has 4 heteroatoms. The molecule has 106 valence electrons. The Morgan fingerprint density at radius 3 is 2.32 bits per heavy atom. The van der Waals surface area contributed by atoms with Crippen molar-refractivity contribution in [1.82, 2.24) is 0 Å². The summed E-state index contributed by atoms with van der Waals surface area (Å²) in [5, 5.41) is 0. The van der Waals surface area contributed by atoms with Crippen LogP contribution in [-0.4, -0.2) is 18.7 Å². The Labute approximate surface area is 114 Å². The molecule has 0 amide bonds. The van der Waals surface area contributed by atoms with Gasteiger partial charge in [0.15, 0.2) is 6.10 Å². The Balaban J connectivity index is 3.29. The van der Waals surface area contributed by atoms with Crippen LogP contribution in [0.2, 0.25) is 0 Å². The maximum absolute atomic E-state index is 12.0. The fourth-order valence-corrected chi connectivity index (χ4v) is 1.89. The number of anilines is 1. The molecule has 0 saturated heterocycles. The number of hydrogen-bond donors (Lipinski definition) is 1. The van der Waals surface area contributed by atoms with Crippen LogP contribution in [0.15, 0.2) is 12.1 Å².